The minimum absolute atomic E-state index is 0.0715. The molecule has 1 saturated carbocycles. The van der Waals surface area contributed by atoms with Crippen molar-refractivity contribution >= 4 is 17.2 Å². The molecule has 0 spiro atoms. The van der Waals surface area contributed by atoms with Crippen molar-refractivity contribution in [2.75, 3.05) is 6.54 Å². The van der Waals surface area contributed by atoms with Gasteiger partial charge in [0.25, 0.3) is 0 Å². The number of benzene rings is 1. The smallest absolute Gasteiger partial charge is 0.230 e. The van der Waals surface area contributed by atoms with Gasteiger partial charge >= 0.3 is 0 Å². The van der Waals surface area contributed by atoms with Gasteiger partial charge in [-0.3, -0.25) is 4.79 Å². The highest BCUT2D eigenvalue weighted by Crippen LogP contribution is 2.49. The number of hydrogen-bond acceptors (Lipinski definition) is 3. The highest BCUT2D eigenvalue weighted by molar-refractivity contribution is 7.07. The molecule has 0 aliphatic heterocycles. The Bertz CT molecular complexity index is 608. The zero-order valence-corrected chi connectivity index (χ0v) is 11.8. The van der Waals surface area contributed by atoms with Crippen molar-refractivity contribution in [2.45, 2.75) is 24.7 Å². The molecule has 20 heavy (non-hydrogen) atoms. The van der Waals surface area contributed by atoms with Crippen molar-refractivity contribution < 1.29 is 9.18 Å². The fourth-order valence-corrected chi connectivity index (χ4v) is 3.02. The van der Waals surface area contributed by atoms with Gasteiger partial charge in [0.1, 0.15) is 5.82 Å². The lowest BCUT2D eigenvalue weighted by Gasteiger charge is -2.16. The van der Waals surface area contributed by atoms with Crippen LogP contribution >= 0.6 is 11.3 Å². The molecule has 1 aromatic carbocycles. The van der Waals surface area contributed by atoms with Crippen molar-refractivity contribution in [1.29, 1.82) is 0 Å². The number of carbonyl (C=O) groups excluding carboxylic acids is 1. The van der Waals surface area contributed by atoms with E-state index < -0.39 is 5.41 Å². The Morgan fingerprint density at radius 3 is 2.85 bits per heavy atom. The molecule has 1 fully saturated rings. The number of thiazole rings is 1. The Morgan fingerprint density at radius 2 is 2.20 bits per heavy atom. The van der Waals surface area contributed by atoms with E-state index in [0.717, 1.165) is 18.5 Å². The van der Waals surface area contributed by atoms with Gasteiger partial charge in [0.2, 0.25) is 5.91 Å². The molecule has 104 valence electrons. The minimum atomic E-state index is -0.645. The molecule has 1 aromatic heterocycles. The molecule has 1 aliphatic rings. The van der Waals surface area contributed by atoms with E-state index in [9.17, 15) is 9.18 Å². The first-order chi connectivity index (χ1) is 9.72. The largest absolute Gasteiger partial charge is 0.355 e. The molecule has 1 N–H and O–H groups in total. The van der Waals surface area contributed by atoms with E-state index in [2.05, 4.69) is 10.3 Å². The predicted octanol–water partition coefficient (Wildman–Crippen LogP) is 2.67. The van der Waals surface area contributed by atoms with Crippen LogP contribution in [0.25, 0.3) is 0 Å². The number of nitrogens with zero attached hydrogens (tertiary/aromatic N) is 1. The molecule has 0 radical (unpaired) electrons. The number of halogens is 1. The van der Waals surface area contributed by atoms with Crippen molar-refractivity contribution in [3.63, 3.8) is 0 Å². The molecule has 0 bridgehead atoms. The average Bonchev–Trinajstić information content (AvgIpc) is 3.09. The maximum absolute atomic E-state index is 13.8. The first kappa shape index (κ1) is 13.2. The molecule has 0 saturated heterocycles. The van der Waals surface area contributed by atoms with Gasteiger partial charge < -0.3 is 5.32 Å². The summed E-state index contributed by atoms with van der Waals surface area (Å²) >= 11 is 1.54. The van der Waals surface area contributed by atoms with Gasteiger partial charge in [-0.25, -0.2) is 9.37 Å². The summed E-state index contributed by atoms with van der Waals surface area (Å²) in [5.74, 6) is -0.363. The number of aromatic nitrogens is 1. The summed E-state index contributed by atoms with van der Waals surface area (Å²) in [6.45, 7) is 0.540. The van der Waals surface area contributed by atoms with Crippen LogP contribution < -0.4 is 5.32 Å². The van der Waals surface area contributed by atoms with E-state index in [1.165, 1.54) is 6.07 Å². The minimum Gasteiger partial charge on any atom is -0.355 e. The van der Waals surface area contributed by atoms with Crippen LogP contribution in [0.15, 0.2) is 35.2 Å². The van der Waals surface area contributed by atoms with Crippen LogP contribution in [-0.4, -0.2) is 17.4 Å². The van der Waals surface area contributed by atoms with Crippen molar-refractivity contribution in [3.8, 4) is 0 Å². The molecule has 1 heterocycles. The van der Waals surface area contributed by atoms with Gasteiger partial charge in [0.15, 0.2) is 0 Å². The number of rotatable bonds is 5. The summed E-state index contributed by atoms with van der Waals surface area (Å²) in [5, 5.41) is 4.88. The van der Waals surface area contributed by atoms with Crippen LogP contribution in [0.4, 0.5) is 4.39 Å². The lowest BCUT2D eigenvalue weighted by Crippen LogP contribution is -2.36. The summed E-state index contributed by atoms with van der Waals surface area (Å²) in [4.78, 5) is 16.5. The molecular formula is C15H15FN2OS. The number of hydrogen-bond donors (Lipinski definition) is 1. The molecule has 0 atom stereocenters. The Morgan fingerprint density at radius 1 is 1.40 bits per heavy atom. The Balaban J connectivity index is 1.63. The van der Waals surface area contributed by atoms with Gasteiger partial charge in [0, 0.05) is 23.9 Å². The summed E-state index contributed by atoms with van der Waals surface area (Å²) in [6.07, 6.45) is 2.15. The van der Waals surface area contributed by atoms with Gasteiger partial charge in [-0.05, 0) is 18.9 Å². The van der Waals surface area contributed by atoms with E-state index in [4.69, 9.17) is 0 Å². The number of amides is 1. The quantitative estimate of drug-likeness (QED) is 0.920. The van der Waals surface area contributed by atoms with Gasteiger partial charge in [-0.2, -0.15) is 0 Å². The maximum atomic E-state index is 13.8. The summed E-state index contributed by atoms with van der Waals surface area (Å²) < 4.78 is 13.8. The highest BCUT2D eigenvalue weighted by atomic mass is 32.1. The SMILES string of the molecule is O=C(NCCc1cscn1)C1(c2ccccc2F)CC1. The van der Waals surface area contributed by atoms with E-state index >= 15 is 0 Å². The standard InChI is InChI=1S/C15H15FN2OS/c16-13-4-2-1-3-12(13)15(6-7-15)14(19)17-8-5-11-9-20-10-18-11/h1-4,9-10H,5-8H2,(H,17,19). The number of carbonyl (C=O) groups is 1. The Hall–Kier alpha value is -1.75. The van der Waals surface area contributed by atoms with Crippen molar-refractivity contribution in [3.05, 3.63) is 52.2 Å². The average molecular weight is 290 g/mol. The van der Waals surface area contributed by atoms with Crippen LogP contribution in [0.2, 0.25) is 0 Å². The normalized spacial score (nSPS) is 15.8. The molecule has 3 nitrogen and oxygen atoms in total. The van der Waals surface area contributed by atoms with Gasteiger partial charge in [0.05, 0.1) is 16.6 Å². The summed E-state index contributed by atoms with van der Waals surface area (Å²) in [7, 11) is 0. The first-order valence-electron chi connectivity index (χ1n) is 6.63. The van der Waals surface area contributed by atoms with Crippen molar-refractivity contribution in [1.82, 2.24) is 10.3 Å². The van der Waals surface area contributed by atoms with E-state index in [0.29, 0.717) is 18.5 Å². The molecule has 5 heteroatoms. The van der Waals surface area contributed by atoms with Crippen LogP contribution in [0.3, 0.4) is 0 Å². The van der Waals surface area contributed by atoms with Crippen LogP contribution in [0.5, 0.6) is 0 Å². The Labute approximate surface area is 120 Å². The molecule has 3 rings (SSSR count). The fraction of sp³-hybridized carbons (Fsp3) is 0.333. The second-order valence-corrected chi connectivity index (χ2v) is 5.77. The van der Waals surface area contributed by atoms with Crippen LogP contribution in [0.1, 0.15) is 24.1 Å². The molecule has 1 aliphatic carbocycles. The van der Waals surface area contributed by atoms with Gasteiger partial charge in [-0.15, -0.1) is 11.3 Å². The second-order valence-electron chi connectivity index (χ2n) is 5.05. The third kappa shape index (κ3) is 2.45. The lowest BCUT2D eigenvalue weighted by molar-refractivity contribution is -0.123. The van der Waals surface area contributed by atoms with Gasteiger partial charge in [-0.1, -0.05) is 18.2 Å². The van der Waals surface area contributed by atoms with E-state index in [-0.39, 0.29) is 11.7 Å². The third-order valence-electron chi connectivity index (χ3n) is 3.72. The van der Waals surface area contributed by atoms with E-state index in [1.54, 1.807) is 35.0 Å². The zero-order chi connectivity index (χ0) is 14.0. The summed E-state index contributed by atoms with van der Waals surface area (Å²) in [6, 6.07) is 6.55. The van der Waals surface area contributed by atoms with E-state index in [1.807, 2.05) is 5.38 Å². The summed E-state index contributed by atoms with van der Waals surface area (Å²) in [5.41, 5.74) is 2.63. The third-order valence-corrected chi connectivity index (χ3v) is 4.36. The molecular weight excluding hydrogens is 275 g/mol. The Kier molecular flexibility index (Phi) is 3.53. The maximum Gasteiger partial charge on any atom is 0.230 e. The monoisotopic (exact) mass is 290 g/mol. The topological polar surface area (TPSA) is 42.0 Å². The zero-order valence-electron chi connectivity index (χ0n) is 10.9. The predicted molar refractivity (Wildman–Crippen MR) is 76.1 cm³/mol. The number of nitrogens with one attached hydrogen (secondary N) is 1. The van der Waals surface area contributed by atoms with Crippen LogP contribution in [0, 0.1) is 5.82 Å². The lowest BCUT2D eigenvalue weighted by atomic mass is 9.94. The fourth-order valence-electron chi connectivity index (χ4n) is 2.43. The highest BCUT2D eigenvalue weighted by Gasteiger charge is 2.52. The molecule has 1 amide bonds. The van der Waals surface area contributed by atoms with Crippen LogP contribution in [-0.2, 0) is 16.6 Å². The van der Waals surface area contributed by atoms with Crippen molar-refractivity contribution in [2.24, 2.45) is 0 Å². The second kappa shape index (κ2) is 5.32. The molecule has 2 aromatic rings. The first-order valence-corrected chi connectivity index (χ1v) is 7.57. The molecule has 0 unspecified atom stereocenters.